The third kappa shape index (κ3) is 23.7. The zero-order valence-corrected chi connectivity index (χ0v) is 32.4. The van der Waals surface area contributed by atoms with Gasteiger partial charge in [0.25, 0.3) is 0 Å². The third-order valence-electron chi connectivity index (χ3n) is 10.1. The van der Waals surface area contributed by atoms with Gasteiger partial charge >= 0.3 is 0 Å². The SMILES string of the molecule is CCCCCCCCCCCCCCCCCCOc1cc2cscc2cc1OCCCCCCCCCCCCCCCCCC. The summed E-state index contributed by atoms with van der Waals surface area (Å²) in [7, 11) is 0. The number of hydrogen-bond donors (Lipinski definition) is 0. The zero-order valence-electron chi connectivity index (χ0n) is 31.6. The number of ether oxygens (including phenoxy) is 2. The van der Waals surface area contributed by atoms with E-state index in [0.29, 0.717) is 0 Å². The van der Waals surface area contributed by atoms with Gasteiger partial charge in [-0.25, -0.2) is 0 Å². The summed E-state index contributed by atoms with van der Waals surface area (Å²) in [5, 5.41) is 6.98. The van der Waals surface area contributed by atoms with Crippen molar-refractivity contribution >= 4 is 22.1 Å². The van der Waals surface area contributed by atoms with Crippen LogP contribution in [0, 0.1) is 0 Å². The fraction of sp³-hybridized carbons (Fsp3) is 0.818. The Morgan fingerprint density at radius 2 is 0.574 bits per heavy atom. The van der Waals surface area contributed by atoms with Crippen molar-refractivity contribution in [1.82, 2.24) is 0 Å². The second-order valence-electron chi connectivity index (χ2n) is 14.6. The van der Waals surface area contributed by atoms with Crippen LogP contribution < -0.4 is 9.47 Å². The third-order valence-corrected chi connectivity index (χ3v) is 10.8. The van der Waals surface area contributed by atoms with Crippen LogP contribution in [0.4, 0.5) is 0 Å². The first kappa shape index (κ1) is 41.9. The molecule has 0 amide bonds. The summed E-state index contributed by atoms with van der Waals surface area (Å²) in [6.45, 7) is 6.19. The normalized spacial score (nSPS) is 11.5. The first-order chi connectivity index (χ1) is 23.3. The van der Waals surface area contributed by atoms with Crippen molar-refractivity contribution < 1.29 is 9.47 Å². The minimum absolute atomic E-state index is 0.795. The molecule has 0 atom stereocenters. The lowest BCUT2D eigenvalue weighted by Gasteiger charge is -2.13. The van der Waals surface area contributed by atoms with Gasteiger partial charge in [-0.2, -0.15) is 11.3 Å². The molecule has 0 saturated carbocycles. The minimum atomic E-state index is 0.795. The molecule has 47 heavy (non-hydrogen) atoms. The lowest BCUT2D eigenvalue weighted by atomic mass is 10.0. The molecule has 272 valence electrons. The van der Waals surface area contributed by atoms with Crippen molar-refractivity contribution in [1.29, 1.82) is 0 Å². The van der Waals surface area contributed by atoms with Crippen molar-refractivity contribution in [3.05, 3.63) is 22.9 Å². The van der Waals surface area contributed by atoms with Crippen molar-refractivity contribution in [2.24, 2.45) is 0 Å². The summed E-state index contributed by atoms with van der Waals surface area (Å²) in [5.41, 5.74) is 0. The fourth-order valence-corrected chi connectivity index (χ4v) is 7.64. The maximum atomic E-state index is 6.30. The zero-order chi connectivity index (χ0) is 33.3. The van der Waals surface area contributed by atoms with Gasteiger partial charge in [0.1, 0.15) is 0 Å². The van der Waals surface area contributed by atoms with Crippen LogP contribution in [0.25, 0.3) is 10.8 Å². The van der Waals surface area contributed by atoms with Gasteiger partial charge in [-0.05, 0) is 46.5 Å². The van der Waals surface area contributed by atoms with Gasteiger partial charge < -0.3 is 9.47 Å². The highest BCUT2D eigenvalue weighted by atomic mass is 32.1. The Bertz CT molecular complexity index is 849. The summed E-state index contributed by atoms with van der Waals surface area (Å²) in [6, 6.07) is 4.39. The van der Waals surface area contributed by atoms with E-state index in [9.17, 15) is 0 Å². The molecule has 0 spiro atoms. The molecule has 2 aromatic rings. The molecular formula is C44H78O2S. The second-order valence-corrected chi connectivity index (χ2v) is 15.3. The Balaban J connectivity index is 1.43. The van der Waals surface area contributed by atoms with E-state index in [1.165, 1.54) is 203 Å². The van der Waals surface area contributed by atoms with E-state index < -0.39 is 0 Å². The van der Waals surface area contributed by atoms with Crippen molar-refractivity contribution in [2.75, 3.05) is 13.2 Å². The van der Waals surface area contributed by atoms with Gasteiger partial charge in [0, 0.05) is 0 Å². The van der Waals surface area contributed by atoms with Crippen LogP contribution in [0.1, 0.15) is 219 Å². The number of hydrogen-bond acceptors (Lipinski definition) is 3. The highest BCUT2D eigenvalue weighted by molar-refractivity contribution is 7.09. The van der Waals surface area contributed by atoms with E-state index in [2.05, 4.69) is 36.7 Å². The second kappa shape index (κ2) is 32.0. The average molecular weight is 671 g/mol. The minimum Gasteiger partial charge on any atom is -0.490 e. The first-order valence-electron chi connectivity index (χ1n) is 21.1. The van der Waals surface area contributed by atoms with E-state index >= 15 is 0 Å². The molecule has 2 rings (SSSR count). The predicted octanol–water partition coefficient (Wildman–Crippen LogP) is 16.2. The van der Waals surface area contributed by atoms with Crippen LogP contribution in [0.15, 0.2) is 22.9 Å². The highest BCUT2D eigenvalue weighted by Crippen LogP contribution is 2.34. The molecule has 0 unspecified atom stereocenters. The van der Waals surface area contributed by atoms with Gasteiger partial charge in [-0.3, -0.25) is 0 Å². The van der Waals surface area contributed by atoms with Gasteiger partial charge in [-0.1, -0.05) is 206 Å². The smallest absolute Gasteiger partial charge is 0.161 e. The molecule has 0 radical (unpaired) electrons. The lowest BCUT2D eigenvalue weighted by Crippen LogP contribution is -2.03. The molecule has 0 N–H and O–H groups in total. The molecule has 3 heteroatoms. The standard InChI is InChI=1S/C44H78O2S/c1-3-5-7-9-11-13-15-17-19-21-23-25-27-29-31-33-35-45-43-37-41-39-47-40-42(41)38-44(43)46-36-34-32-30-28-26-24-22-20-18-16-14-12-10-8-6-4-2/h37-40H,3-36H2,1-2H3. The monoisotopic (exact) mass is 671 g/mol. The van der Waals surface area contributed by atoms with Crippen molar-refractivity contribution in [3.8, 4) is 11.5 Å². The number of fused-ring (bicyclic) bond motifs is 1. The van der Waals surface area contributed by atoms with Gasteiger partial charge in [-0.15, -0.1) is 0 Å². The molecule has 1 heterocycles. The number of rotatable bonds is 36. The molecule has 0 bridgehead atoms. The fourth-order valence-electron chi connectivity index (χ4n) is 6.87. The van der Waals surface area contributed by atoms with Crippen LogP contribution in [0.3, 0.4) is 0 Å². The van der Waals surface area contributed by atoms with E-state index in [-0.39, 0.29) is 0 Å². The molecule has 0 saturated heterocycles. The summed E-state index contributed by atoms with van der Waals surface area (Å²) in [5.74, 6) is 1.88. The molecule has 1 aromatic carbocycles. The molecule has 1 aromatic heterocycles. The number of benzene rings is 1. The van der Waals surface area contributed by atoms with Crippen molar-refractivity contribution in [2.45, 2.75) is 219 Å². The molecular weight excluding hydrogens is 593 g/mol. The van der Waals surface area contributed by atoms with Gasteiger partial charge in [0.2, 0.25) is 0 Å². The van der Waals surface area contributed by atoms with Crippen LogP contribution in [-0.4, -0.2) is 13.2 Å². The highest BCUT2D eigenvalue weighted by Gasteiger charge is 2.09. The molecule has 0 fully saturated rings. The summed E-state index contributed by atoms with van der Waals surface area (Å²) < 4.78 is 12.6. The van der Waals surface area contributed by atoms with Gasteiger partial charge in [0.05, 0.1) is 13.2 Å². The summed E-state index contributed by atoms with van der Waals surface area (Å²) in [6.07, 6.45) is 44.7. The summed E-state index contributed by atoms with van der Waals surface area (Å²) in [4.78, 5) is 0. The van der Waals surface area contributed by atoms with Crippen LogP contribution >= 0.6 is 11.3 Å². The van der Waals surface area contributed by atoms with Gasteiger partial charge in [0.15, 0.2) is 11.5 Å². The molecule has 0 aliphatic heterocycles. The Labute approximate surface area is 297 Å². The topological polar surface area (TPSA) is 18.5 Å². The lowest BCUT2D eigenvalue weighted by molar-refractivity contribution is 0.259. The van der Waals surface area contributed by atoms with Crippen LogP contribution in [0.5, 0.6) is 11.5 Å². The maximum Gasteiger partial charge on any atom is 0.161 e. The first-order valence-corrected chi connectivity index (χ1v) is 22.0. The largest absolute Gasteiger partial charge is 0.490 e. The average Bonchev–Trinajstić information content (AvgIpc) is 3.54. The Hall–Kier alpha value is -1.22. The molecule has 0 aliphatic rings. The number of thiophene rings is 1. The van der Waals surface area contributed by atoms with Crippen LogP contribution in [-0.2, 0) is 0 Å². The number of unbranched alkanes of at least 4 members (excludes halogenated alkanes) is 30. The quantitative estimate of drug-likeness (QED) is 0.0672. The van der Waals surface area contributed by atoms with E-state index in [1.807, 2.05) is 0 Å². The van der Waals surface area contributed by atoms with E-state index in [1.54, 1.807) is 11.3 Å². The van der Waals surface area contributed by atoms with Crippen molar-refractivity contribution in [3.63, 3.8) is 0 Å². The Kier molecular flexibility index (Phi) is 28.6. The molecule has 0 aliphatic carbocycles. The Morgan fingerprint density at radius 3 is 0.830 bits per heavy atom. The van der Waals surface area contributed by atoms with Crippen LogP contribution in [0.2, 0.25) is 0 Å². The molecule has 2 nitrogen and oxygen atoms in total. The Morgan fingerprint density at radius 1 is 0.340 bits per heavy atom. The van der Waals surface area contributed by atoms with E-state index in [0.717, 1.165) is 37.6 Å². The predicted molar refractivity (Wildman–Crippen MR) is 212 cm³/mol. The summed E-state index contributed by atoms with van der Waals surface area (Å²) >= 11 is 1.76. The maximum absolute atomic E-state index is 6.30. The van der Waals surface area contributed by atoms with E-state index in [4.69, 9.17) is 9.47 Å².